The van der Waals surface area contributed by atoms with Gasteiger partial charge in [-0.1, -0.05) is 37.6 Å². The van der Waals surface area contributed by atoms with E-state index in [-0.39, 0.29) is 5.75 Å². The summed E-state index contributed by atoms with van der Waals surface area (Å²) in [6.45, 7) is 5.79. The zero-order valence-corrected chi connectivity index (χ0v) is 11.9. The molecule has 0 fully saturated rings. The molecule has 0 aliphatic carbocycles. The molecule has 0 saturated heterocycles. The number of phenols is 1. The Hall–Kier alpha value is -1.87. The van der Waals surface area contributed by atoms with E-state index in [4.69, 9.17) is 11.6 Å². The fraction of sp³-hybridized carbons (Fsp3) is 0.200. The highest BCUT2D eigenvalue weighted by molar-refractivity contribution is 6.35. The summed E-state index contributed by atoms with van der Waals surface area (Å²) in [6, 6.07) is 9.21. The van der Waals surface area contributed by atoms with Crippen molar-refractivity contribution in [2.24, 2.45) is 0 Å². The summed E-state index contributed by atoms with van der Waals surface area (Å²) in [5.74, 6) is 0.141. The largest absolute Gasteiger partial charge is 0.505 e. The van der Waals surface area contributed by atoms with Crippen LogP contribution in [0.15, 0.2) is 30.3 Å². The minimum atomic E-state index is 0.141. The van der Waals surface area contributed by atoms with E-state index in [2.05, 4.69) is 9.97 Å². The lowest BCUT2D eigenvalue weighted by molar-refractivity contribution is 0.476. The summed E-state index contributed by atoms with van der Waals surface area (Å²) >= 11 is 6.12. The molecule has 0 aliphatic rings. The molecule has 3 rings (SSSR count). The zero-order valence-electron chi connectivity index (χ0n) is 11.1. The second-order valence-electron chi connectivity index (χ2n) is 3.93. The number of rotatable bonds is 0. The second-order valence-corrected chi connectivity index (χ2v) is 4.34. The highest BCUT2D eigenvalue weighted by Gasteiger charge is 2.11. The van der Waals surface area contributed by atoms with Gasteiger partial charge >= 0.3 is 0 Å². The van der Waals surface area contributed by atoms with Crippen LogP contribution in [0.2, 0.25) is 5.02 Å². The Morgan fingerprint density at radius 3 is 2.11 bits per heavy atom. The van der Waals surface area contributed by atoms with Crippen LogP contribution in [-0.4, -0.2) is 15.1 Å². The SMILES string of the molecule is CC.Cc1cc(Cl)c2nc3ccccc3nc2c1O. The molecule has 4 heteroatoms. The lowest BCUT2D eigenvalue weighted by Crippen LogP contribution is -1.90. The predicted molar refractivity (Wildman–Crippen MR) is 79.8 cm³/mol. The normalized spacial score (nSPS) is 10.3. The first-order chi connectivity index (χ1) is 9.16. The van der Waals surface area contributed by atoms with Crippen LogP contribution in [0.25, 0.3) is 22.1 Å². The fourth-order valence-electron chi connectivity index (χ4n) is 1.85. The van der Waals surface area contributed by atoms with E-state index >= 15 is 0 Å². The van der Waals surface area contributed by atoms with Crippen LogP contribution < -0.4 is 0 Å². The number of hydrogen-bond donors (Lipinski definition) is 1. The molecule has 3 aromatic rings. The maximum Gasteiger partial charge on any atom is 0.146 e. The Bertz CT molecular complexity index is 741. The van der Waals surface area contributed by atoms with Crippen LogP contribution in [0, 0.1) is 6.92 Å². The molecule has 0 saturated carbocycles. The predicted octanol–water partition coefficient (Wildman–Crippen LogP) is 4.48. The first-order valence-electron chi connectivity index (χ1n) is 6.21. The van der Waals surface area contributed by atoms with Gasteiger partial charge < -0.3 is 5.11 Å². The number of aromatic nitrogens is 2. The van der Waals surface area contributed by atoms with Gasteiger partial charge in [0, 0.05) is 0 Å². The molecule has 0 amide bonds. The molecule has 98 valence electrons. The van der Waals surface area contributed by atoms with Crippen molar-refractivity contribution in [2.45, 2.75) is 20.8 Å². The smallest absolute Gasteiger partial charge is 0.146 e. The summed E-state index contributed by atoms with van der Waals surface area (Å²) in [4.78, 5) is 8.83. The van der Waals surface area contributed by atoms with Crippen molar-refractivity contribution in [1.29, 1.82) is 0 Å². The molecular formula is C15H15ClN2O. The fourth-order valence-corrected chi connectivity index (χ4v) is 2.14. The van der Waals surface area contributed by atoms with Crippen molar-refractivity contribution in [3.63, 3.8) is 0 Å². The average Bonchev–Trinajstić information content (AvgIpc) is 2.45. The van der Waals surface area contributed by atoms with Gasteiger partial charge in [-0.05, 0) is 30.7 Å². The van der Waals surface area contributed by atoms with Crippen LogP contribution in [0.1, 0.15) is 19.4 Å². The number of para-hydroxylation sites is 2. The van der Waals surface area contributed by atoms with E-state index in [1.54, 1.807) is 13.0 Å². The minimum Gasteiger partial charge on any atom is -0.505 e. The van der Waals surface area contributed by atoms with E-state index in [0.717, 1.165) is 11.0 Å². The number of benzene rings is 2. The van der Waals surface area contributed by atoms with Gasteiger partial charge in [0.15, 0.2) is 0 Å². The molecule has 0 atom stereocenters. The third kappa shape index (κ3) is 2.34. The van der Waals surface area contributed by atoms with E-state index in [1.165, 1.54) is 0 Å². The highest BCUT2D eigenvalue weighted by Crippen LogP contribution is 2.32. The van der Waals surface area contributed by atoms with Gasteiger partial charge in [0.25, 0.3) is 0 Å². The van der Waals surface area contributed by atoms with Gasteiger partial charge in [0.1, 0.15) is 16.8 Å². The van der Waals surface area contributed by atoms with E-state index < -0.39 is 0 Å². The summed E-state index contributed by atoms with van der Waals surface area (Å²) < 4.78 is 0. The van der Waals surface area contributed by atoms with Gasteiger partial charge in [0.2, 0.25) is 0 Å². The van der Waals surface area contributed by atoms with Crippen LogP contribution >= 0.6 is 11.6 Å². The first kappa shape index (κ1) is 13.6. The van der Waals surface area contributed by atoms with Gasteiger partial charge in [-0.3, -0.25) is 0 Å². The molecule has 0 unspecified atom stereocenters. The quantitative estimate of drug-likeness (QED) is 0.615. The summed E-state index contributed by atoms with van der Waals surface area (Å²) in [6.07, 6.45) is 0. The molecule has 0 radical (unpaired) electrons. The number of fused-ring (bicyclic) bond motifs is 2. The van der Waals surface area contributed by atoms with Crippen molar-refractivity contribution in [3.05, 3.63) is 40.9 Å². The van der Waals surface area contributed by atoms with E-state index in [1.807, 2.05) is 38.1 Å². The van der Waals surface area contributed by atoms with Crippen LogP contribution in [-0.2, 0) is 0 Å². The molecule has 2 aromatic carbocycles. The molecule has 0 bridgehead atoms. The van der Waals surface area contributed by atoms with Crippen molar-refractivity contribution in [2.75, 3.05) is 0 Å². The third-order valence-electron chi connectivity index (χ3n) is 2.74. The average molecular weight is 275 g/mol. The zero-order chi connectivity index (χ0) is 14.0. The van der Waals surface area contributed by atoms with E-state index in [0.29, 0.717) is 21.6 Å². The number of nitrogens with zero attached hydrogens (tertiary/aromatic N) is 2. The molecule has 3 nitrogen and oxygen atoms in total. The van der Waals surface area contributed by atoms with E-state index in [9.17, 15) is 5.11 Å². The van der Waals surface area contributed by atoms with Gasteiger partial charge in [-0.25, -0.2) is 9.97 Å². The van der Waals surface area contributed by atoms with Crippen molar-refractivity contribution < 1.29 is 5.11 Å². The number of halogens is 1. The van der Waals surface area contributed by atoms with Crippen LogP contribution in [0.5, 0.6) is 5.75 Å². The molecule has 1 heterocycles. The number of hydrogen-bond acceptors (Lipinski definition) is 3. The maximum atomic E-state index is 9.98. The van der Waals surface area contributed by atoms with Crippen molar-refractivity contribution in [1.82, 2.24) is 9.97 Å². The molecular weight excluding hydrogens is 260 g/mol. The summed E-state index contributed by atoms with van der Waals surface area (Å²) in [5, 5.41) is 10.5. The van der Waals surface area contributed by atoms with Crippen molar-refractivity contribution in [3.8, 4) is 5.75 Å². The topological polar surface area (TPSA) is 46.0 Å². The Morgan fingerprint density at radius 2 is 1.53 bits per heavy atom. The third-order valence-corrected chi connectivity index (χ3v) is 3.03. The monoisotopic (exact) mass is 274 g/mol. The number of aromatic hydroxyl groups is 1. The Balaban J connectivity index is 0.000000637. The van der Waals surface area contributed by atoms with Crippen LogP contribution in [0.3, 0.4) is 0 Å². The van der Waals surface area contributed by atoms with Gasteiger partial charge in [-0.2, -0.15) is 0 Å². The minimum absolute atomic E-state index is 0.141. The lowest BCUT2D eigenvalue weighted by atomic mass is 10.1. The number of phenolic OH excluding ortho intramolecular Hbond substituents is 1. The number of aryl methyl sites for hydroxylation is 1. The summed E-state index contributed by atoms with van der Waals surface area (Å²) in [7, 11) is 0. The van der Waals surface area contributed by atoms with Gasteiger partial charge in [0.05, 0.1) is 16.1 Å². The highest BCUT2D eigenvalue weighted by atomic mass is 35.5. The van der Waals surface area contributed by atoms with Crippen LogP contribution in [0.4, 0.5) is 0 Å². The summed E-state index contributed by atoms with van der Waals surface area (Å²) in [5.41, 5.74) is 3.20. The molecule has 19 heavy (non-hydrogen) atoms. The Labute approximate surface area is 116 Å². The molecule has 0 aliphatic heterocycles. The Morgan fingerprint density at radius 1 is 1.00 bits per heavy atom. The molecule has 1 N–H and O–H groups in total. The van der Waals surface area contributed by atoms with Gasteiger partial charge in [-0.15, -0.1) is 0 Å². The van der Waals surface area contributed by atoms with Crippen molar-refractivity contribution >= 4 is 33.7 Å². The maximum absolute atomic E-state index is 9.98. The first-order valence-corrected chi connectivity index (χ1v) is 6.59. The standard InChI is InChI=1S/C13H9ClN2O.C2H6/c1-7-6-8(14)11-12(13(7)17)16-10-5-3-2-4-9(10)15-11;1-2/h2-6,17H,1H3;1-2H3. The molecule has 0 spiro atoms. The second kappa shape index (κ2) is 5.41. The Kier molecular flexibility index (Phi) is 3.86. The lowest BCUT2D eigenvalue weighted by Gasteiger charge is -2.06. The molecule has 1 aromatic heterocycles.